The molecule has 0 saturated carbocycles. The van der Waals surface area contributed by atoms with Crippen molar-refractivity contribution < 1.29 is 0 Å². The molecular formula is C16H16BrN3. The average Bonchev–Trinajstić information content (AvgIpc) is 2.71. The number of H-pyrrole nitrogens is 1. The number of hydrogen-bond acceptors (Lipinski definition) is 2. The van der Waals surface area contributed by atoms with Crippen LogP contribution in [0.5, 0.6) is 0 Å². The van der Waals surface area contributed by atoms with E-state index in [4.69, 9.17) is 5.73 Å². The number of halogens is 1. The van der Waals surface area contributed by atoms with Gasteiger partial charge < -0.3 is 10.7 Å². The zero-order valence-electron chi connectivity index (χ0n) is 11.7. The normalized spacial score (nSPS) is 11.2. The highest BCUT2D eigenvalue weighted by molar-refractivity contribution is 9.10. The van der Waals surface area contributed by atoms with E-state index in [1.54, 1.807) is 0 Å². The lowest BCUT2D eigenvalue weighted by atomic mass is 9.99. The van der Waals surface area contributed by atoms with Gasteiger partial charge in [-0.3, -0.25) is 0 Å². The Morgan fingerprint density at radius 1 is 1.05 bits per heavy atom. The zero-order chi connectivity index (χ0) is 14.4. The van der Waals surface area contributed by atoms with E-state index < -0.39 is 0 Å². The van der Waals surface area contributed by atoms with Gasteiger partial charge >= 0.3 is 0 Å². The average molecular weight is 330 g/mol. The van der Waals surface area contributed by atoms with Crippen LogP contribution in [0, 0.1) is 20.8 Å². The van der Waals surface area contributed by atoms with Crippen LogP contribution < -0.4 is 5.73 Å². The number of nitrogens with zero attached hydrogens (tertiary/aromatic N) is 1. The summed E-state index contributed by atoms with van der Waals surface area (Å²) in [6.07, 6.45) is 0. The van der Waals surface area contributed by atoms with Crippen LogP contribution in [0.15, 0.2) is 28.7 Å². The fourth-order valence-electron chi connectivity index (χ4n) is 2.78. The van der Waals surface area contributed by atoms with Crippen LogP contribution in [0.25, 0.3) is 22.4 Å². The Labute approximate surface area is 126 Å². The van der Waals surface area contributed by atoms with E-state index in [1.165, 1.54) is 16.7 Å². The minimum absolute atomic E-state index is 0.680. The van der Waals surface area contributed by atoms with Gasteiger partial charge in [0.25, 0.3) is 0 Å². The van der Waals surface area contributed by atoms with Crippen LogP contribution in [-0.4, -0.2) is 9.97 Å². The number of aromatic nitrogens is 2. The highest BCUT2D eigenvalue weighted by Gasteiger charge is 2.13. The summed E-state index contributed by atoms with van der Waals surface area (Å²) in [4.78, 5) is 8.05. The SMILES string of the molecule is Cc1cc(C)c(-c2nc3c(N)cc(Br)cc3[nH]2)c(C)c1. The van der Waals surface area contributed by atoms with Gasteiger partial charge in [-0.2, -0.15) is 0 Å². The smallest absolute Gasteiger partial charge is 0.139 e. The van der Waals surface area contributed by atoms with Crippen LogP contribution in [0.2, 0.25) is 0 Å². The van der Waals surface area contributed by atoms with Gasteiger partial charge in [-0.15, -0.1) is 0 Å². The minimum Gasteiger partial charge on any atom is -0.397 e. The Balaban J connectivity index is 2.28. The molecule has 0 aliphatic carbocycles. The maximum absolute atomic E-state index is 6.04. The third kappa shape index (κ3) is 2.10. The molecule has 1 aromatic heterocycles. The van der Waals surface area contributed by atoms with Crippen molar-refractivity contribution in [3.63, 3.8) is 0 Å². The number of hydrogen-bond donors (Lipinski definition) is 2. The summed E-state index contributed by atoms with van der Waals surface area (Å²) in [5, 5.41) is 0. The number of aryl methyl sites for hydroxylation is 3. The van der Waals surface area contributed by atoms with Crippen LogP contribution in [-0.2, 0) is 0 Å². The Morgan fingerprint density at radius 2 is 1.70 bits per heavy atom. The monoisotopic (exact) mass is 329 g/mol. The molecule has 0 saturated heterocycles. The number of imidazole rings is 1. The number of nitrogen functional groups attached to an aromatic ring is 1. The first-order valence-corrected chi connectivity index (χ1v) is 7.28. The number of nitrogens with one attached hydrogen (secondary N) is 1. The first kappa shape index (κ1) is 13.2. The molecule has 0 unspecified atom stereocenters. The van der Waals surface area contributed by atoms with Gasteiger partial charge in [-0.05, 0) is 44.0 Å². The van der Waals surface area contributed by atoms with Crippen molar-refractivity contribution >= 4 is 32.7 Å². The molecule has 20 heavy (non-hydrogen) atoms. The Hall–Kier alpha value is -1.81. The second kappa shape index (κ2) is 4.63. The van der Waals surface area contributed by atoms with Gasteiger partial charge in [-0.25, -0.2) is 4.98 Å². The van der Waals surface area contributed by atoms with Gasteiger partial charge in [0.1, 0.15) is 11.3 Å². The van der Waals surface area contributed by atoms with Crippen molar-refractivity contribution in [2.75, 3.05) is 5.73 Å². The van der Waals surface area contributed by atoms with Crippen molar-refractivity contribution in [3.05, 3.63) is 45.4 Å². The van der Waals surface area contributed by atoms with Gasteiger partial charge in [0.05, 0.1) is 11.2 Å². The lowest BCUT2D eigenvalue weighted by molar-refractivity contribution is 1.25. The fourth-order valence-corrected chi connectivity index (χ4v) is 3.26. The number of fused-ring (bicyclic) bond motifs is 1. The Bertz CT molecular complexity index is 795. The van der Waals surface area contributed by atoms with Crippen molar-refractivity contribution in [1.82, 2.24) is 9.97 Å². The minimum atomic E-state index is 0.680. The molecule has 0 fully saturated rings. The lowest BCUT2D eigenvalue weighted by Crippen LogP contribution is -1.91. The maximum atomic E-state index is 6.04. The number of nitrogens with two attached hydrogens (primary N) is 1. The second-order valence-electron chi connectivity index (χ2n) is 5.25. The highest BCUT2D eigenvalue weighted by Crippen LogP contribution is 2.31. The van der Waals surface area contributed by atoms with Crippen LogP contribution in [0.3, 0.4) is 0 Å². The summed E-state index contributed by atoms with van der Waals surface area (Å²) in [5.74, 6) is 0.875. The molecule has 0 radical (unpaired) electrons. The Kier molecular flexibility index (Phi) is 3.05. The molecule has 0 spiro atoms. The van der Waals surface area contributed by atoms with Gasteiger partial charge in [0.15, 0.2) is 0 Å². The summed E-state index contributed by atoms with van der Waals surface area (Å²) in [6.45, 7) is 6.33. The van der Waals surface area contributed by atoms with E-state index >= 15 is 0 Å². The maximum Gasteiger partial charge on any atom is 0.139 e. The largest absolute Gasteiger partial charge is 0.397 e. The number of anilines is 1. The van der Waals surface area contributed by atoms with Crippen molar-refractivity contribution in [1.29, 1.82) is 0 Å². The van der Waals surface area contributed by atoms with Crippen molar-refractivity contribution in [2.24, 2.45) is 0 Å². The predicted molar refractivity (Wildman–Crippen MR) is 87.9 cm³/mol. The lowest BCUT2D eigenvalue weighted by Gasteiger charge is -2.08. The standard InChI is InChI=1S/C16H16BrN3/c1-8-4-9(2)14(10(3)5-8)16-19-13-7-11(17)6-12(18)15(13)20-16/h4-7H,18H2,1-3H3,(H,19,20). The first-order chi connectivity index (χ1) is 9.45. The molecule has 4 heteroatoms. The van der Waals surface area contributed by atoms with Gasteiger partial charge in [0, 0.05) is 10.0 Å². The number of rotatable bonds is 1. The highest BCUT2D eigenvalue weighted by atomic mass is 79.9. The molecule has 0 aliphatic heterocycles. The molecule has 0 aliphatic rings. The van der Waals surface area contributed by atoms with E-state index in [1.807, 2.05) is 12.1 Å². The molecule has 0 amide bonds. The van der Waals surface area contributed by atoms with Crippen molar-refractivity contribution in [3.8, 4) is 11.4 Å². The molecule has 1 heterocycles. The number of aromatic amines is 1. The molecule has 3 N–H and O–H groups in total. The van der Waals surface area contributed by atoms with Gasteiger partial charge in [0.2, 0.25) is 0 Å². The quantitative estimate of drug-likeness (QED) is 0.646. The van der Waals surface area contributed by atoms with Crippen LogP contribution >= 0.6 is 15.9 Å². The molecule has 3 aromatic rings. The summed E-state index contributed by atoms with van der Waals surface area (Å²) < 4.78 is 0.954. The molecule has 0 atom stereocenters. The second-order valence-corrected chi connectivity index (χ2v) is 6.17. The van der Waals surface area contributed by atoms with Crippen molar-refractivity contribution in [2.45, 2.75) is 20.8 Å². The van der Waals surface area contributed by atoms with E-state index in [-0.39, 0.29) is 0 Å². The summed E-state index contributed by atoms with van der Waals surface area (Å²) in [7, 11) is 0. The van der Waals surface area contributed by atoms with Crippen LogP contribution in [0.4, 0.5) is 5.69 Å². The van der Waals surface area contributed by atoms with Crippen LogP contribution in [0.1, 0.15) is 16.7 Å². The third-order valence-corrected chi connectivity index (χ3v) is 3.95. The molecule has 0 bridgehead atoms. The predicted octanol–water partition coefficient (Wildman–Crippen LogP) is 4.50. The molecule has 2 aromatic carbocycles. The van der Waals surface area contributed by atoms with E-state index in [2.05, 4.69) is 58.8 Å². The summed E-state index contributed by atoms with van der Waals surface area (Å²) >= 11 is 3.46. The molecular weight excluding hydrogens is 314 g/mol. The topological polar surface area (TPSA) is 54.7 Å². The first-order valence-electron chi connectivity index (χ1n) is 6.48. The molecule has 3 nitrogen and oxygen atoms in total. The van der Waals surface area contributed by atoms with E-state index in [9.17, 15) is 0 Å². The number of benzene rings is 2. The van der Waals surface area contributed by atoms with E-state index in [0.29, 0.717) is 5.69 Å². The van der Waals surface area contributed by atoms with E-state index in [0.717, 1.165) is 26.9 Å². The molecule has 102 valence electrons. The fraction of sp³-hybridized carbons (Fsp3) is 0.188. The zero-order valence-corrected chi connectivity index (χ0v) is 13.3. The summed E-state index contributed by atoms with van der Waals surface area (Å²) in [5.41, 5.74) is 13.4. The Morgan fingerprint density at radius 3 is 2.35 bits per heavy atom. The third-order valence-electron chi connectivity index (χ3n) is 3.49. The summed E-state index contributed by atoms with van der Waals surface area (Å²) in [6, 6.07) is 8.23. The molecule has 3 rings (SSSR count). The van der Waals surface area contributed by atoms with Gasteiger partial charge in [-0.1, -0.05) is 33.6 Å².